The molecule has 0 saturated heterocycles. The lowest BCUT2D eigenvalue weighted by Gasteiger charge is -2.19. The Morgan fingerprint density at radius 3 is 2.44 bits per heavy atom. The first-order valence-corrected chi connectivity index (χ1v) is 6.16. The van der Waals surface area contributed by atoms with Gasteiger partial charge in [0, 0.05) is 0 Å². The highest BCUT2D eigenvalue weighted by molar-refractivity contribution is 5.89. The van der Waals surface area contributed by atoms with Crippen LogP contribution in [-0.4, -0.2) is 5.97 Å². The largest absolute Gasteiger partial charge is 0.457 e. The van der Waals surface area contributed by atoms with E-state index in [1.54, 1.807) is 12.1 Å². The average Bonchev–Trinajstić information content (AvgIpc) is 2.39. The predicted molar refractivity (Wildman–Crippen MR) is 69.4 cm³/mol. The zero-order valence-electron chi connectivity index (χ0n) is 10.1. The first-order valence-electron chi connectivity index (χ1n) is 6.16. The maximum absolute atomic E-state index is 11.8. The molecular weight excluding hydrogens is 224 g/mol. The number of rotatable bonds is 3. The van der Waals surface area contributed by atoms with Crippen LogP contribution in [0.5, 0.6) is 0 Å². The third-order valence-electron chi connectivity index (χ3n) is 3.31. The molecule has 3 rings (SSSR count). The van der Waals surface area contributed by atoms with Crippen LogP contribution >= 0.6 is 0 Å². The van der Waals surface area contributed by atoms with Gasteiger partial charge in [0.15, 0.2) is 0 Å². The minimum absolute atomic E-state index is 0.265. The molecular formula is C16H14O2. The molecule has 0 N–H and O–H groups in total. The average molecular weight is 238 g/mol. The Morgan fingerprint density at radius 2 is 1.78 bits per heavy atom. The Hall–Kier alpha value is -2.09. The maximum Gasteiger partial charge on any atom is 0.338 e. The van der Waals surface area contributed by atoms with Gasteiger partial charge in [-0.3, -0.25) is 0 Å². The third kappa shape index (κ3) is 2.14. The number of ether oxygens (including phenoxy) is 1. The van der Waals surface area contributed by atoms with Crippen molar-refractivity contribution in [2.24, 2.45) is 0 Å². The van der Waals surface area contributed by atoms with Crippen LogP contribution in [-0.2, 0) is 24.2 Å². The number of hydrogen-bond acceptors (Lipinski definition) is 2. The molecule has 0 spiro atoms. The lowest BCUT2D eigenvalue weighted by Crippen LogP contribution is -2.10. The molecule has 2 aromatic rings. The molecule has 1 aliphatic rings. The lowest BCUT2D eigenvalue weighted by atomic mass is 9.87. The van der Waals surface area contributed by atoms with Gasteiger partial charge in [0.1, 0.15) is 6.61 Å². The van der Waals surface area contributed by atoms with Crippen LogP contribution in [0.3, 0.4) is 0 Å². The van der Waals surface area contributed by atoms with Gasteiger partial charge >= 0.3 is 5.97 Å². The van der Waals surface area contributed by atoms with E-state index in [0.717, 1.165) is 12.0 Å². The van der Waals surface area contributed by atoms with E-state index in [1.807, 2.05) is 24.3 Å². The van der Waals surface area contributed by atoms with Crippen LogP contribution in [0.15, 0.2) is 48.5 Å². The number of benzene rings is 2. The highest BCUT2D eigenvalue weighted by atomic mass is 16.5. The molecule has 0 aliphatic heterocycles. The molecule has 2 heteroatoms. The minimum Gasteiger partial charge on any atom is -0.457 e. The number of carbonyl (C=O) groups excluding carboxylic acids is 1. The molecule has 0 bridgehead atoms. The van der Waals surface area contributed by atoms with E-state index in [0.29, 0.717) is 12.2 Å². The van der Waals surface area contributed by atoms with Crippen molar-refractivity contribution in [3.8, 4) is 0 Å². The number of aryl methyl sites for hydroxylation is 2. The zero-order chi connectivity index (χ0) is 12.4. The topological polar surface area (TPSA) is 26.3 Å². The second-order valence-electron chi connectivity index (χ2n) is 4.55. The first-order chi connectivity index (χ1) is 8.83. The molecule has 0 aromatic heterocycles. The summed E-state index contributed by atoms with van der Waals surface area (Å²) >= 11 is 0. The number of hydrogen-bond donors (Lipinski definition) is 0. The van der Waals surface area contributed by atoms with Gasteiger partial charge in [-0.15, -0.1) is 0 Å². The van der Waals surface area contributed by atoms with Gasteiger partial charge in [0.2, 0.25) is 0 Å². The Bertz CT molecular complexity index is 573. The maximum atomic E-state index is 11.8. The molecule has 0 amide bonds. The molecule has 0 heterocycles. The molecule has 0 fully saturated rings. The van der Waals surface area contributed by atoms with Crippen molar-refractivity contribution < 1.29 is 9.53 Å². The number of fused-ring (bicyclic) bond motifs is 1. The van der Waals surface area contributed by atoms with Crippen LogP contribution in [0, 0.1) is 0 Å². The Labute approximate surface area is 106 Å². The van der Waals surface area contributed by atoms with E-state index in [2.05, 4.69) is 12.1 Å². The second-order valence-corrected chi connectivity index (χ2v) is 4.55. The SMILES string of the molecule is O=C(OCc1ccc2c(c1)CC2)c1ccccc1. The van der Waals surface area contributed by atoms with E-state index in [9.17, 15) is 4.79 Å². The van der Waals surface area contributed by atoms with E-state index in [-0.39, 0.29) is 5.97 Å². The number of carbonyl (C=O) groups is 1. The summed E-state index contributed by atoms with van der Waals surface area (Å²) in [5, 5.41) is 0. The minimum atomic E-state index is -0.265. The van der Waals surface area contributed by atoms with E-state index in [1.165, 1.54) is 17.5 Å². The smallest absolute Gasteiger partial charge is 0.338 e. The summed E-state index contributed by atoms with van der Waals surface area (Å²) in [4.78, 5) is 11.8. The number of esters is 1. The summed E-state index contributed by atoms with van der Waals surface area (Å²) in [5.41, 5.74) is 4.48. The summed E-state index contributed by atoms with van der Waals surface area (Å²) in [6.45, 7) is 0.348. The van der Waals surface area contributed by atoms with Gasteiger partial charge < -0.3 is 4.74 Å². The van der Waals surface area contributed by atoms with Crippen molar-refractivity contribution in [2.75, 3.05) is 0 Å². The molecule has 1 aliphatic carbocycles. The van der Waals surface area contributed by atoms with Crippen LogP contribution in [0.1, 0.15) is 27.0 Å². The van der Waals surface area contributed by atoms with Crippen molar-refractivity contribution in [1.82, 2.24) is 0 Å². The molecule has 0 saturated carbocycles. The Kier molecular flexibility index (Phi) is 2.85. The van der Waals surface area contributed by atoms with Gasteiger partial charge in [0.25, 0.3) is 0 Å². The first kappa shape index (κ1) is 11.0. The fourth-order valence-corrected chi connectivity index (χ4v) is 2.14. The van der Waals surface area contributed by atoms with Gasteiger partial charge in [-0.2, -0.15) is 0 Å². The normalized spacial score (nSPS) is 12.4. The van der Waals surface area contributed by atoms with Crippen molar-refractivity contribution in [2.45, 2.75) is 19.4 Å². The molecule has 18 heavy (non-hydrogen) atoms. The van der Waals surface area contributed by atoms with Crippen molar-refractivity contribution in [1.29, 1.82) is 0 Å². The summed E-state index contributed by atoms with van der Waals surface area (Å²) in [7, 11) is 0. The quantitative estimate of drug-likeness (QED) is 0.768. The molecule has 2 nitrogen and oxygen atoms in total. The molecule has 0 atom stereocenters. The van der Waals surface area contributed by atoms with Crippen molar-refractivity contribution >= 4 is 5.97 Å². The summed E-state index contributed by atoms with van der Waals surface area (Å²) in [5.74, 6) is -0.265. The van der Waals surface area contributed by atoms with Gasteiger partial charge in [-0.1, -0.05) is 36.4 Å². The van der Waals surface area contributed by atoms with Crippen LogP contribution in [0.4, 0.5) is 0 Å². The van der Waals surface area contributed by atoms with E-state index < -0.39 is 0 Å². The Balaban J connectivity index is 1.64. The zero-order valence-corrected chi connectivity index (χ0v) is 10.1. The van der Waals surface area contributed by atoms with Gasteiger partial charge in [0.05, 0.1) is 5.56 Å². The van der Waals surface area contributed by atoms with Crippen molar-refractivity contribution in [3.63, 3.8) is 0 Å². The highest BCUT2D eigenvalue weighted by Gasteiger charge is 2.13. The standard InChI is InChI=1S/C16H14O2/c17-16(14-4-2-1-3-5-14)18-11-12-6-7-13-8-9-15(13)10-12/h1-7,10H,8-9,11H2. The molecule has 0 radical (unpaired) electrons. The fourth-order valence-electron chi connectivity index (χ4n) is 2.14. The summed E-state index contributed by atoms with van der Waals surface area (Å²) in [6, 6.07) is 15.4. The van der Waals surface area contributed by atoms with Crippen LogP contribution in [0.25, 0.3) is 0 Å². The predicted octanol–water partition coefficient (Wildman–Crippen LogP) is 3.14. The fraction of sp³-hybridized carbons (Fsp3) is 0.188. The molecule has 2 aromatic carbocycles. The Morgan fingerprint density at radius 1 is 1.00 bits per heavy atom. The third-order valence-corrected chi connectivity index (χ3v) is 3.31. The second kappa shape index (κ2) is 4.65. The van der Waals surface area contributed by atoms with Crippen molar-refractivity contribution in [3.05, 3.63) is 70.8 Å². The molecule has 90 valence electrons. The van der Waals surface area contributed by atoms with Gasteiger partial charge in [-0.05, 0) is 41.7 Å². The van der Waals surface area contributed by atoms with E-state index in [4.69, 9.17) is 4.74 Å². The lowest BCUT2D eigenvalue weighted by molar-refractivity contribution is 0.0472. The summed E-state index contributed by atoms with van der Waals surface area (Å²) < 4.78 is 5.29. The monoisotopic (exact) mass is 238 g/mol. The highest BCUT2D eigenvalue weighted by Crippen LogP contribution is 2.24. The van der Waals surface area contributed by atoms with Crippen LogP contribution < -0.4 is 0 Å². The van der Waals surface area contributed by atoms with Crippen LogP contribution in [0.2, 0.25) is 0 Å². The van der Waals surface area contributed by atoms with Gasteiger partial charge in [-0.25, -0.2) is 4.79 Å². The molecule has 0 unspecified atom stereocenters. The van der Waals surface area contributed by atoms with E-state index >= 15 is 0 Å². The summed E-state index contributed by atoms with van der Waals surface area (Å²) in [6.07, 6.45) is 2.33.